The predicted molar refractivity (Wildman–Crippen MR) is 148 cm³/mol. The molecule has 1 heterocycles. The van der Waals surface area contributed by atoms with Crippen molar-refractivity contribution in [2.24, 2.45) is 5.10 Å². The first-order valence-electron chi connectivity index (χ1n) is 11.5. The van der Waals surface area contributed by atoms with E-state index >= 15 is 0 Å². The molecule has 0 atom stereocenters. The highest BCUT2D eigenvalue weighted by Gasteiger charge is 2.14. The molecule has 4 rings (SSSR count). The Labute approximate surface area is 224 Å². The summed E-state index contributed by atoms with van der Waals surface area (Å²) in [5.74, 6) is 7.89. The molecule has 0 saturated heterocycles. The summed E-state index contributed by atoms with van der Waals surface area (Å²) >= 11 is 1.13. The van der Waals surface area contributed by atoms with E-state index in [9.17, 15) is 4.79 Å². The van der Waals surface area contributed by atoms with Crippen LogP contribution in [0.4, 0.5) is 11.6 Å². The molecule has 4 N–H and O–H groups in total. The van der Waals surface area contributed by atoms with Crippen molar-refractivity contribution in [3.05, 3.63) is 83.9 Å². The van der Waals surface area contributed by atoms with Crippen LogP contribution in [0, 0.1) is 0 Å². The smallest absolute Gasteiger partial charge is 0.264 e. The lowest BCUT2D eigenvalue weighted by molar-refractivity contribution is -0.113. The molecule has 0 fully saturated rings. The number of nitrogens with two attached hydrogens (primary N) is 1. The number of rotatable bonds is 12. The first kappa shape index (κ1) is 26.4. The molecule has 0 radical (unpaired) electrons. The number of nitrogens with one attached hydrogen (secondary N) is 2. The Kier molecular flexibility index (Phi) is 9.03. The van der Waals surface area contributed by atoms with E-state index in [0.717, 1.165) is 22.9 Å². The van der Waals surface area contributed by atoms with E-state index in [4.69, 9.17) is 20.1 Å². The zero-order valence-corrected chi connectivity index (χ0v) is 21.6. The van der Waals surface area contributed by atoms with Crippen molar-refractivity contribution in [1.29, 1.82) is 0 Å². The van der Waals surface area contributed by atoms with Crippen LogP contribution in [0.25, 0.3) is 0 Å². The van der Waals surface area contributed by atoms with Gasteiger partial charge in [0.2, 0.25) is 11.1 Å². The molecule has 12 heteroatoms. The zero-order chi connectivity index (χ0) is 26.7. The third-order valence-electron chi connectivity index (χ3n) is 5.20. The van der Waals surface area contributed by atoms with E-state index in [1.165, 1.54) is 11.8 Å². The van der Waals surface area contributed by atoms with Gasteiger partial charge in [0.25, 0.3) is 5.95 Å². The number of benzene rings is 3. The largest absolute Gasteiger partial charge is 0.497 e. The molecule has 38 heavy (non-hydrogen) atoms. The number of carbonyl (C=O) groups excluding carboxylic acids is 1. The van der Waals surface area contributed by atoms with Crippen molar-refractivity contribution < 1.29 is 19.0 Å². The molecule has 3 aromatic carbocycles. The first-order valence-corrected chi connectivity index (χ1v) is 12.5. The van der Waals surface area contributed by atoms with E-state index in [-0.39, 0.29) is 17.6 Å². The number of methoxy groups -OCH3 is 2. The maximum Gasteiger partial charge on any atom is 0.264 e. The number of anilines is 2. The SMILES string of the molecule is COc1ccc(NC(=O)CSc2nnc(N/N=C/c3ccccc3OCc3ccccc3)n2N)c(OC)c1. The highest BCUT2D eigenvalue weighted by Crippen LogP contribution is 2.29. The van der Waals surface area contributed by atoms with Gasteiger partial charge in [-0.05, 0) is 29.8 Å². The van der Waals surface area contributed by atoms with Crippen molar-refractivity contribution in [3.8, 4) is 17.2 Å². The molecule has 1 amide bonds. The first-order chi connectivity index (χ1) is 18.6. The van der Waals surface area contributed by atoms with Crippen LogP contribution in [0.15, 0.2) is 83.1 Å². The van der Waals surface area contributed by atoms with Crippen LogP contribution < -0.4 is 30.8 Å². The second-order valence-electron chi connectivity index (χ2n) is 7.76. The van der Waals surface area contributed by atoms with Gasteiger partial charge in [-0.2, -0.15) is 5.10 Å². The third kappa shape index (κ3) is 6.95. The maximum absolute atomic E-state index is 12.5. The zero-order valence-electron chi connectivity index (χ0n) is 20.8. The van der Waals surface area contributed by atoms with Gasteiger partial charge < -0.3 is 25.4 Å². The van der Waals surface area contributed by atoms with E-state index in [2.05, 4.69) is 26.0 Å². The Hall–Kier alpha value is -4.71. The van der Waals surface area contributed by atoms with E-state index in [1.54, 1.807) is 31.5 Å². The minimum absolute atomic E-state index is 0.0555. The summed E-state index contributed by atoms with van der Waals surface area (Å²) in [6.07, 6.45) is 1.61. The summed E-state index contributed by atoms with van der Waals surface area (Å²) in [5.41, 5.74) is 5.14. The number of aromatic nitrogens is 3. The van der Waals surface area contributed by atoms with Crippen LogP contribution in [0.3, 0.4) is 0 Å². The van der Waals surface area contributed by atoms with Crippen LogP contribution in [0.2, 0.25) is 0 Å². The molecule has 0 saturated carbocycles. The molecule has 0 aliphatic heterocycles. The van der Waals surface area contributed by atoms with Crippen LogP contribution in [-0.4, -0.2) is 47.0 Å². The minimum atomic E-state index is -0.263. The molecule has 1 aromatic heterocycles. The van der Waals surface area contributed by atoms with Gasteiger partial charge in [0.05, 0.1) is 31.9 Å². The van der Waals surface area contributed by atoms with Crippen LogP contribution in [-0.2, 0) is 11.4 Å². The number of hydrazone groups is 1. The fraction of sp³-hybridized carbons (Fsp3) is 0.154. The third-order valence-corrected chi connectivity index (χ3v) is 6.15. The quantitative estimate of drug-likeness (QED) is 0.108. The Bertz CT molecular complexity index is 1400. The molecule has 0 spiro atoms. The van der Waals surface area contributed by atoms with Crippen molar-refractivity contribution in [1.82, 2.24) is 14.9 Å². The van der Waals surface area contributed by atoms with Crippen molar-refractivity contribution in [2.45, 2.75) is 11.8 Å². The van der Waals surface area contributed by atoms with Crippen molar-refractivity contribution in [2.75, 3.05) is 36.6 Å². The Morgan fingerprint density at radius 2 is 1.82 bits per heavy atom. The van der Waals surface area contributed by atoms with Gasteiger partial charge in [0.1, 0.15) is 23.9 Å². The number of hydrogen-bond donors (Lipinski definition) is 3. The van der Waals surface area contributed by atoms with Gasteiger partial charge in [-0.1, -0.05) is 54.2 Å². The van der Waals surface area contributed by atoms with Crippen LogP contribution >= 0.6 is 11.8 Å². The van der Waals surface area contributed by atoms with Crippen molar-refractivity contribution in [3.63, 3.8) is 0 Å². The highest BCUT2D eigenvalue weighted by atomic mass is 32.2. The van der Waals surface area contributed by atoms with Gasteiger partial charge in [0, 0.05) is 11.6 Å². The number of nitrogen functional groups attached to an aromatic ring is 1. The molecule has 0 unspecified atom stereocenters. The summed E-state index contributed by atoms with van der Waals surface area (Å²) < 4.78 is 17.6. The van der Waals surface area contributed by atoms with E-state index in [1.807, 2.05) is 54.6 Å². The fourth-order valence-electron chi connectivity index (χ4n) is 3.28. The van der Waals surface area contributed by atoms with Gasteiger partial charge in [0.15, 0.2) is 0 Å². The lowest BCUT2D eigenvalue weighted by Crippen LogP contribution is -2.17. The Morgan fingerprint density at radius 3 is 2.61 bits per heavy atom. The average molecular weight is 534 g/mol. The van der Waals surface area contributed by atoms with E-state index < -0.39 is 0 Å². The monoisotopic (exact) mass is 533 g/mol. The molecular weight excluding hydrogens is 506 g/mol. The van der Waals surface area contributed by atoms with Gasteiger partial charge in [-0.15, -0.1) is 10.2 Å². The number of ether oxygens (including phenoxy) is 3. The molecule has 196 valence electrons. The fourth-order valence-corrected chi connectivity index (χ4v) is 3.94. The molecule has 0 bridgehead atoms. The number of hydrogen-bond acceptors (Lipinski definition) is 10. The summed E-state index contributed by atoms with van der Waals surface area (Å²) in [6.45, 7) is 0.440. The summed E-state index contributed by atoms with van der Waals surface area (Å²) in [7, 11) is 3.07. The van der Waals surface area contributed by atoms with E-state index in [0.29, 0.717) is 34.7 Å². The molecule has 11 nitrogen and oxygen atoms in total. The van der Waals surface area contributed by atoms with Crippen LogP contribution in [0.5, 0.6) is 17.2 Å². The summed E-state index contributed by atoms with van der Waals surface area (Å²) in [6, 6.07) is 22.6. The molecule has 4 aromatic rings. The summed E-state index contributed by atoms with van der Waals surface area (Å²) in [4.78, 5) is 12.5. The van der Waals surface area contributed by atoms with Gasteiger partial charge in [-0.3, -0.25) is 4.79 Å². The number of nitrogens with zero attached hydrogens (tertiary/aromatic N) is 4. The molecular formula is C26H27N7O4S. The topological polar surface area (TPSA) is 138 Å². The standard InChI is InChI=1S/C26H27N7O4S/c1-35-20-12-13-21(23(14-20)36-2)29-24(34)17-38-26-32-31-25(33(26)27)30-28-15-19-10-6-7-11-22(19)37-16-18-8-4-3-5-9-18/h3-15H,16-17,27H2,1-2H3,(H,29,34)(H,30,31)/b28-15+. The Balaban J connectivity index is 1.31. The van der Waals surface area contributed by atoms with Gasteiger partial charge >= 0.3 is 0 Å². The van der Waals surface area contributed by atoms with Crippen molar-refractivity contribution >= 4 is 35.5 Å². The molecule has 0 aliphatic carbocycles. The second kappa shape index (κ2) is 13.0. The normalized spacial score (nSPS) is 10.8. The molecule has 0 aliphatic rings. The van der Waals surface area contributed by atoms with Gasteiger partial charge in [-0.25, -0.2) is 10.1 Å². The van der Waals surface area contributed by atoms with Crippen LogP contribution in [0.1, 0.15) is 11.1 Å². The number of amides is 1. The maximum atomic E-state index is 12.5. The summed E-state index contributed by atoms with van der Waals surface area (Å²) in [5, 5.41) is 15.4. The minimum Gasteiger partial charge on any atom is -0.497 e. The lowest BCUT2D eigenvalue weighted by Gasteiger charge is -2.11. The number of para-hydroxylation sites is 1. The highest BCUT2D eigenvalue weighted by molar-refractivity contribution is 7.99. The second-order valence-corrected chi connectivity index (χ2v) is 8.70. The lowest BCUT2D eigenvalue weighted by atomic mass is 10.2. The average Bonchev–Trinajstić information content (AvgIpc) is 3.31. The Morgan fingerprint density at radius 1 is 1.03 bits per heavy atom. The number of thioether (sulfide) groups is 1. The number of carbonyl (C=O) groups is 1. The predicted octanol–water partition coefficient (Wildman–Crippen LogP) is 3.76.